The summed E-state index contributed by atoms with van der Waals surface area (Å²) >= 11 is 1.44. The number of rotatable bonds is 6. The number of aliphatic imine (C=N–C) groups is 1. The minimum atomic E-state index is -0.0468. The summed E-state index contributed by atoms with van der Waals surface area (Å²) in [5, 5.41) is 3.76. The highest BCUT2D eigenvalue weighted by atomic mass is 32.2. The van der Waals surface area contributed by atoms with Crippen LogP contribution in [0.3, 0.4) is 0 Å². The fraction of sp³-hybridized carbons (Fsp3) is 0.167. The van der Waals surface area contributed by atoms with Crippen LogP contribution in [0.1, 0.15) is 11.1 Å². The second-order valence-electron chi connectivity index (χ2n) is 6.78. The summed E-state index contributed by atoms with van der Waals surface area (Å²) in [5.74, 6) is 0.244. The van der Waals surface area contributed by atoms with Gasteiger partial charge in [0.25, 0.3) is 0 Å². The van der Waals surface area contributed by atoms with E-state index in [0.717, 1.165) is 28.7 Å². The van der Waals surface area contributed by atoms with Gasteiger partial charge in [-0.05, 0) is 42.3 Å². The Bertz CT molecular complexity index is 958. The highest BCUT2D eigenvalue weighted by Crippen LogP contribution is 2.19. The first kappa shape index (κ1) is 20.7. The van der Waals surface area contributed by atoms with Gasteiger partial charge in [0, 0.05) is 19.3 Å². The van der Waals surface area contributed by atoms with E-state index in [1.165, 1.54) is 17.3 Å². The maximum Gasteiger partial charge on any atom is 0.234 e. The monoisotopic (exact) mass is 403 g/mol. The van der Waals surface area contributed by atoms with Gasteiger partial charge in [-0.2, -0.15) is 0 Å². The number of thioether (sulfide) groups is 1. The van der Waals surface area contributed by atoms with Crippen LogP contribution in [0.2, 0.25) is 0 Å². The van der Waals surface area contributed by atoms with Gasteiger partial charge >= 0.3 is 0 Å². The molecule has 0 fully saturated rings. The highest BCUT2D eigenvalue weighted by molar-refractivity contribution is 8.14. The number of carbonyl (C=O) groups is 1. The first-order valence-corrected chi connectivity index (χ1v) is 10.5. The number of anilines is 1. The number of amidine groups is 1. The third kappa shape index (κ3) is 6.80. The summed E-state index contributed by atoms with van der Waals surface area (Å²) in [6.07, 6.45) is 0. The molecule has 0 unspecified atom stereocenters. The zero-order valence-electron chi connectivity index (χ0n) is 16.7. The van der Waals surface area contributed by atoms with Crippen molar-refractivity contribution >= 4 is 34.2 Å². The van der Waals surface area contributed by atoms with Crippen LogP contribution in [-0.4, -0.2) is 28.8 Å². The molecule has 0 radical (unpaired) electrons. The minimum absolute atomic E-state index is 0.0468. The molecule has 0 heterocycles. The van der Waals surface area contributed by atoms with Crippen molar-refractivity contribution in [3.63, 3.8) is 0 Å². The predicted molar refractivity (Wildman–Crippen MR) is 124 cm³/mol. The number of para-hydroxylation sites is 1. The highest BCUT2D eigenvalue weighted by Gasteiger charge is 2.12. The average molecular weight is 404 g/mol. The van der Waals surface area contributed by atoms with Crippen molar-refractivity contribution in [3.05, 3.63) is 96.1 Å². The van der Waals surface area contributed by atoms with Crippen LogP contribution < -0.4 is 5.32 Å². The largest absolute Gasteiger partial charge is 0.350 e. The van der Waals surface area contributed by atoms with E-state index < -0.39 is 0 Å². The molecule has 1 N–H and O–H groups in total. The maximum absolute atomic E-state index is 12.5. The topological polar surface area (TPSA) is 44.7 Å². The smallest absolute Gasteiger partial charge is 0.234 e. The zero-order valence-corrected chi connectivity index (χ0v) is 17.5. The molecule has 0 atom stereocenters. The van der Waals surface area contributed by atoms with Crippen molar-refractivity contribution in [2.75, 3.05) is 18.1 Å². The van der Waals surface area contributed by atoms with E-state index in [0.29, 0.717) is 5.75 Å². The number of hydrogen-bond donors (Lipinski definition) is 1. The van der Waals surface area contributed by atoms with Crippen LogP contribution in [0, 0.1) is 6.92 Å². The van der Waals surface area contributed by atoms with Crippen molar-refractivity contribution in [1.29, 1.82) is 0 Å². The fourth-order valence-electron chi connectivity index (χ4n) is 2.82. The van der Waals surface area contributed by atoms with E-state index in [1.807, 2.05) is 86.8 Å². The molecule has 0 saturated heterocycles. The van der Waals surface area contributed by atoms with Crippen LogP contribution in [-0.2, 0) is 11.3 Å². The molecule has 0 bridgehead atoms. The van der Waals surface area contributed by atoms with Gasteiger partial charge in [-0.15, -0.1) is 0 Å². The molecule has 4 nitrogen and oxygen atoms in total. The molecule has 148 valence electrons. The summed E-state index contributed by atoms with van der Waals surface area (Å²) in [4.78, 5) is 19.3. The molecule has 5 heteroatoms. The van der Waals surface area contributed by atoms with Crippen LogP contribution in [0.25, 0.3) is 0 Å². The molecule has 3 rings (SSSR count). The Balaban J connectivity index is 1.69. The summed E-state index contributed by atoms with van der Waals surface area (Å²) in [6.45, 7) is 2.73. The van der Waals surface area contributed by atoms with Crippen LogP contribution in [0.5, 0.6) is 0 Å². The SMILES string of the molecule is Cc1cccc(NC(=O)CSC(=Nc2ccccc2)N(C)Cc2ccccc2)c1. The lowest BCUT2D eigenvalue weighted by atomic mass is 10.2. The molecule has 0 aromatic heterocycles. The molecule has 1 amide bonds. The predicted octanol–water partition coefficient (Wildman–Crippen LogP) is 5.49. The molecule has 29 heavy (non-hydrogen) atoms. The van der Waals surface area contributed by atoms with Gasteiger partial charge in [-0.25, -0.2) is 4.99 Å². The van der Waals surface area contributed by atoms with Crippen molar-refractivity contribution in [3.8, 4) is 0 Å². The number of aryl methyl sites for hydroxylation is 1. The third-order valence-electron chi connectivity index (χ3n) is 4.20. The lowest BCUT2D eigenvalue weighted by Gasteiger charge is -2.21. The molecule has 0 spiro atoms. The Morgan fingerprint density at radius 1 is 0.966 bits per heavy atom. The third-order valence-corrected chi connectivity index (χ3v) is 5.27. The van der Waals surface area contributed by atoms with Gasteiger partial charge in [0.15, 0.2) is 5.17 Å². The molecule has 0 aliphatic rings. The van der Waals surface area contributed by atoms with E-state index in [4.69, 9.17) is 4.99 Å². The van der Waals surface area contributed by atoms with Crippen molar-refractivity contribution in [2.24, 2.45) is 4.99 Å². The Morgan fingerprint density at radius 3 is 2.34 bits per heavy atom. The Morgan fingerprint density at radius 2 is 1.66 bits per heavy atom. The lowest BCUT2D eigenvalue weighted by Crippen LogP contribution is -2.25. The summed E-state index contributed by atoms with van der Waals surface area (Å²) in [7, 11) is 2.00. The first-order chi connectivity index (χ1) is 14.1. The molecule has 3 aromatic carbocycles. The molecule has 0 saturated carbocycles. The Labute approximate surface area is 176 Å². The number of carbonyl (C=O) groups excluding carboxylic acids is 1. The van der Waals surface area contributed by atoms with Crippen LogP contribution >= 0.6 is 11.8 Å². The Hall–Kier alpha value is -3.05. The first-order valence-electron chi connectivity index (χ1n) is 9.48. The van der Waals surface area contributed by atoms with E-state index in [1.54, 1.807) is 0 Å². The Kier molecular flexibility index (Phi) is 7.47. The van der Waals surface area contributed by atoms with Crippen molar-refractivity contribution in [2.45, 2.75) is 13.5 Å². The van der Waals surface area contributed by atoms with Gasteiger partial charge in [0.05, 0.1) is 11.4 Å². The summed E-state index contributed by atoms with van der Waals surface area (Å²) in [5.41, 5.74) is 3.99. The van der Waals surface area contributed by atoms with Gasteiger partial charge in [-0.1, -0.05) is 72.4 Å². The number of nitrogens with one attached hydrogen (secondary N) is 1. The number of benzene rings is 3. The summed E-state index contributed by atoms with van der Waals surface area (Å²) in [6, 6.07) is 27.9. The standard InChI is InChI=1S/C24H25N3OS/c1-19-10-9-15-22(16-19)25-23(28)18-29-24(26-21-13-7-4-8-14-21)27(2)17-20-11-5-3-6-12-20/h3-16H,17-18H2,1-2H3,(H,25,28). The van der Waals surface area contributed by atoms with Crippen molar-refractivity contribution < 1.29 is 4.79 Å². The van der Waals surface area contributed by atoms with E-state index >= 15 is 0 Å². The molecular formula is C24H25N3OS. The van der Waals surface area contributed by atoms with E-state index in [9.17, 15) is 4.79 Å². The van der Waals surface area contributed by atoms with Gasteiger partial charge in [-0.3, -0.25) is 4.79 Å². The maximum atomic E-state index is 12.5. The van der Waals surface area contributed by atoms with Gasteiger partial charge < -0.3 is 10.2 Å². The second kappa shape index (κ2) is 10.5. The number of amides is 1. The summed E-state index contributed by atoms with van der Waals surface area (Å²) < 4.78 is 0. The molecule has 3 aromatic rings. The van der Waals surface area contributed by atoms with Gasteiger partial charge in [0.1, 0.15) is 0 Å². The van der Waals surface area contributed by atoms with Crippen LogP contribution in [0.15, 0.2) is 89.9 Å². The van der Waals surface area contributed by atoms with E-state index in [-0.39, 0.29) is 5.91 Å². The van der Waals surface area contributed by atoms with Gasteiger partial charge in [0.2, 0.25) is 5.91 Å². The average Bonchev–Trinajstić information content (AvgIpc) is 2.72. The zero-order chi connectivity index (χ0) is 20.5. The second-order valence-corrected chi connectivity index (χ2v) is 7.72. The number of hydrogen-bond acceptors (Lipinski definition) is 3. The van der Waals surface area contributed by atoms with Crippen LogP contribution in [0.4, 0.5) is 11.4 Å². The fourth-order valence-corrected chi connectivity index (χ4v) is 3.60. The number of nitrogens with zero attached hydrogens (tertiary/aromatic N) is 2. The minimum Gasteiger partial charge on any atom is -0.350 e. The normalized spacial score (nSPS) is 11.2. The van der Waals surface area contributed by atoms with Crippen molar-refractivity contribution in [1.82, 2.24) is 4.90 Å². The lowest BCUT2D eigenvalue weighted by molar-refractivity contribution is -0.113. The molecule has 0 aliphatic heterocycles. The molecular weight excluding hydrogens is 378 g/mol. The van der Waals surface area contributed by atoms with E-state index in [2.05, 4.69) is 22.3 Å². The quantitative estimate of drug-likeness (QED) is 0.437. The molecule has 0 aliphatic carbocycles.